The molecule has 4 atom stereocenters. The quantitative estimate of drug-likeness (QED) is 0.556. The summed E-state index contributed by atoms with van der Waals surface area (Å²) in [6.45, 7) is 6.36. The van der Waals surface area contributed by atoms with Gasteiger partial charge in [0.2, 0.25) is 0 Å². The van der Waals surface area contributed by atoms with Crippen molar-refractivity contribution in [3.63, 3.8) is 0 Å². The third-order valence-electron chi connectivity index (χ3n) is 5.57. The van der Waals surface area contributed by atoms with Crippen LogP contribution in [0.25, 0.3) is 0 Å². The Morgan fingerprint density at radius 3 is 2.59 bits per heavy atom. The predicted molar refractivity (Wildman–Crippen MR) is 73.8 cm³/mol. The first-order valence-electron chi connectivity index (χ1n) is 7.72. The van der Waals surface area contributed by atoms with Crippen LogP contribution in [0, 0.1) is 23.7 Å². The van der Waals surface area contributed by atoms with Gasteiger partial charge in [-0.2, -0.15) is 0 Å². The minimum atomic E-state index is 0.951. The molecule has 17 heavy (non-hydrogen) atoms. The molecule has 94 valence electrons. The maximum Gasteiger partial charge on any atom is -0.00656 e. The van der Waals surface area contributed by atoms with Crippen LogP contribution in [-0.2, 0) is 0 Å². The van der Waals surface area contributed by atoms with Gasteiger partial charge < -0.3 is 0 Å². The molecule has 0 nitrogen and oxygen atoms in total. The van der Waals surface area contributed by atoms with Gasteiger partial charge in [0, 0.05) is 0 Å². The van der Waals surface area contributed by atoms with E-state index in [1.54, 1.807) is 5.57 Å². The molecule has 3 aliphatic rings. The lowest BCUT2D eigenvalue weighted by atomic mass is 9.60. The Hall–Kier alpha value is -0.520. The monoisotopic (exact) mass is 230 g/mol. The van der Waals surface area contributed by atoms with Gasteiger partial charge in [-0.3, -0.25) is 0 Å². The molecule has 0 aromatic carbocycles. The molecular formula is C17H26. The van der Waals surface area contributed by atoms with E-state index < -0.39 is 0 Å². The van der Waals surface area contributed by atoms with Crippen molar-refractivity contribution < 1.29 is 0 Å². The minimum absolute atomic E-state index is 0.951. The van der Waals surface area contributed by atoms with Crippen molar-refractivity contribution in [2.24, 2.45) is 23.7 Å². The van der Waals surface area contributed by atoms with Gasteiger partial charge in [0.1, 0.15) is 0 Å². The first-order valence-corrected chi connectivity index (χ1v) is 7.72. The van der Waals surface area contributed by atoms with Gasteiger partial charge in [-0.1, -0.05) is 44.4 Å². The van der Waals surface area contributed by atoms with E-state index in [0.29, 0.717) is 0 Å². The zero-order chi connectivity index (χ0) is 11.8. The van der Waals surface area contributed by atoms with Crippen LogP contribution in [0.4, 0.5) is 0 Å². The van der Waals surface area contributed by atoms with Crippen molar-refractivity contribution in [3.8, 4) is 0 Å². The van der Waals surface area contributed by atoms with Gasteiger partial charge in [-0.25, -0.2) is 0 Å². The first-order chi connectivity index (χ1) is 8.36. The Balaban J connectivity index is 1.64. The second kappa shape index (κ2) is 4.63. The second-order valence-electron chi connectivity index (χ2n) is 6.38. The van der Waals surface area contributed by atoms with Crippen LogP contribution >= 0.6 is 0 Å². The van der Waals surface area contributed by atoms with E-state index in [1.807, 2.05) is 5.57 Å². The maximum absolute atomic E-state index is 4.06. The predicted octanol–water partition coefficient (Wildman–Crippen LogP) is 5.12. The van der Waals surface area contributed by atoms with E-state index in [0.717, 1.165) is 23.7 Å². The molecule has 0 aromatic heterocycles. The van der Waals surface area contributed by atoms with Crippen molar-refractivity contribution >= 4 is 0 Å². The molecule has 0 heterocycles. The standard InChI is InChI=1S/C17H26/c1-3-5-6-7-8-15-14(4-2)16-12-9-10-13(11-12)17(15)16/h4,12-13,16-17H,2-3,5-11H2,1H3/t12-,13+,16?,17?/m0/s1. The number of unbranched alkanes of at least 4 members (excludes halogenated alkanes) is 3. The molecule has 0 aromatic rings. The van der Waals surface area contributed by atoms with Crippen LogP contribution in [0.3, 0.4) is 0 Å². The molecule has 0 amide bonds. The van der Waals surface area contributed by atoms with Crippen molar-refractivity contribution in [2.45, 2.75) is 58.3 Å². The summed E-state index contributed by atoms with van der Waals surface area (Å²) in [5.74, 6) is 4.06. The Kier molecular flexibility index (Phi) is 3.15. The van der Waals surface area contributed by atoms with Crippen LogP contribution in [0.15, 0.2) is 23.8 Å². The summed E-state index contributed by atoms with van der Waals surface area (Å²) in [4.78, 5) is 0. The van der Waals surface area contributed by atoms with Gasteiger partial charge >= 0.3 is 0 Å². The number of hydrogen-bond donors (Lipinski definition) is 0. The lowest BCUT2D eigenvalue weighted by molar-refractivity contribution is 0.243. The van der Waals surface area contributed by atoms with E-state index in [9.17, 15) is 0 Å². The van der Waals surface area contributed by atoms with E-state index in [4.69, 9.17) is 0 Å². The highest BCUT2D eigenvalue weighted by molar-refractivity contribution is 5.43. The van der Waals surface area contributed by atoms with Crippen LogP contribution in [-0.4, -0.2) is 0 Å². The molecule has 3 aliphatic carbocycles. The SMILES string of the molecule is C=CC1=C(CCCCCC)C2C1[C@H]1CC[C@@H]2C1. The lowest BCUT2D eigenvalue weighted by Crippen LogP contribution is -2.35. The van der Waals surface area contributed by atoms with Crippen LogP contribution in [0.1, 0.15) is 58.3 Å². The van der Waals surface area contributed by atoms with Crippen molar-refractivity contribution in [1.82, 2.24) is 0 Å². The average molecular weight is 230 g/mol. The summed E-state index contributed by atoms with van der Waals surface area (Å²) >= 11 is 0. The van der Waals surface area contributed by atoms with Gasteiger partial charge in [0.05, 0.1) is 0 Å². The number of rotatable bonds is 6. The van der Waals surface area contributed by atoms with Gasteiger partial charge in [-0.05, 0) is 61.3 Å². The third kappa shape index (κ3) is 1.72. The number of fused-ring (bicyclic) bond motifs is 5. The van der Waals surface area contributed by atoms with Crippen LogP contribution in [0.2, 0.25) is 0 Å². The normalized spacial score (nSPS) is 38.2. The highest BCUT2D eigenvalue weighted by atomic mass is 14.6. The fraction of sp³-hybridized carbons (Fsp3) is 0.765. The number of hydrogen-bond acceptors (Lipinski definition) is 0. The van der Waals surface area contributed by atoms with Crippen molar-refractivity contribution in [2.75, 3.05) is 0 Å². The Morgan fingerprint density at radius 2 is 1.88 bits per heavy atom. The minimum Gasteiger partial charge on any atom is -0.0988 e. The van der Waals surface area contributed by atoms with Gasteiger partial charge in [-0.15, -0.1) is 0 Å². The largest absolute Gasteiger partial charge is 0.0988 e. The molecular weight excluding hydrogens is 204 g/mol. The summed E-state index contributed by atoms with van der Waals surface area (Å²) in [5, 5.41) is 0. The molecule has 0 spiro atoms. The molecule has 2 saturated carbocycles. The van der Waals surface area contributed by atoms with Gasteiger partial charge in [0.15, 0.2) is 0 Å². The van der Waals surface area contributed by atoms with Crippen LogP contribution < -0.4 is 0 Å². The molecule has 2 fully saturated rings. The highest BCUT2D eigenvalue weighted by Crippen LogP contribution is 2.64. The zero-order valence-corrected chi connectivity index (χ0v) is 11.3. The van der Waals surface area contributed by atoms with E-state index >= 15 is 0 Å². The van der Waals surface area contributed by atoms with E-state index in [1.165, 1.54) is 51.4 Å². The molecule has 0 aliphatic heterocycles. The smallest absolute Gasteiger partial charge is 0.00656 e. The van der Waals surface area contributed by atoms with Crippen LogP contribution in [0.5, 0.6) is 0 Å². The summed E-state index contributed by atoms with van der Waals surface area (Å²) < 4.78 is 0. The van der Waals surface area contributed by atoms with E-state index in [-0.39, 0.29) is 0 Å². The highest BCUT2D eigenvalue weighted by Gasteiger charge is 2.55. The average Bonchev–Trinajstić information content (AvgIpc) is 2.87. The molecule has 0 radical (unpaired) electrons. The summed E-state index contributed by atoms with van der Waals surface area (Å²) in [7, 11) is 0. The Morgan fingerprint density at radius 1 is 1.12 bits per heavy atom. The molecule has 0 saturated heterocycles. The molecule has 2 bridgehead atoms. The lowest BCUT2D eigenvalue weighted by Gasteiger charge is -2.44. The molecule has 0 N–H and O–H groups in total. The first kappa shape index (κ1) is 11.6. The van der Waals surface area contributed by atoms with Crippen molar-refractivity contribution in [1.29, 1.82) is 0 Å². The fourth-order valence-electron chi connectivity index (χ4n) is 4.87. The molecule has 0 heteroatoms. The maximum atomic E-state index is 4.06. The zero-order valence-electron chi connectivity index (χ0n) is 11.3. The summed E-state index contributed by atoms with van der Waals surface area (Å²) in [6.07, 6.45) is 13.7. The summed E-state index contributed by atoms with van der Waals surface area (Å²) in [5.41, 5.74) is 3.51. The van der Waals surface area contributed by atoms with E-state index in [2.05, 4.69) is 19.6 Å². The van der Waals surface area contributed by atoms with Gasteiger partial charge in [0.25, 0.3) is 0 Å². The third-order valence-corrected chi connectivity index (χ3v) is 5.57. The number of allylic oxidation sites excluding steroid dienone is 3. The van der Waals surface area contributed by atoms with Crippen molar-refractivity contribution in [3.05, 3.63) is 23.8 Å². The Labute approximate surface area is 106 Å². The topological polar surface area (TPSA) is 0 Å². The summed E-state index contributed by atoms with van der Waals surface area (Å²) in [6, 6.07) is 0. The molecule has 2 unspecified atom stereocenters. The Bertz CT molecular complexity index is 336. The molecule has 3 rings (SSSR count). The fourth-order valence-corrected chi connectivity index (χ4v) is 4.87. The second-order valence-corrected chi connectivity index (χ2v) is 6.38.